The SMILES string of the molecule is Cc1ccc(SCc2cc(C(=O)NN)co2)cc1C. The molecule has 1 heterocycles. The van der Waals surface area contributed by atoms with Gasteiger partial charge in [-0.25, -0.2) is 5.84 Å². The third kappa shape index (κ3) is 3.39. The molecule has 2 aromatic rings. The Labute approximate surface area is 116 Å². The number of benzene rings is 1. The highest BCUT2D eigenvalue weighted by atomic mass is 32.2. The Hall–Kier alpha value is -1.72. The number of furan rings is 1. The van der Waals surface area contributed by atoms with E-state index in [2.05, 4.69) is 37.5 Å². The van der Waals surface area contributed by atoms with Gasteiger partial charge in [-0.05, 0) is 43.2 Å². The molecule has 0 saturated carbocycles. The van der Waals surface area contributed by atoms with E-state index in [9.17, 15) is 4.79 Å². The van der Waals surface area contributed by atoms with Gasteiger partial charge in [0.05, 0.1) is 11.3 Å². The van der Waals surface area contributed by atoms with Crippen molar-refractivity contribution in [2.24, 2.45) is 5.84 Å². The van der Waals surface area contributed by atoms with Crippen molar-refractivity contribution < 1.29 is 9.21 Å². The predicted octanol–water partition coefficient (Wildman–Crippen LogP) is 2.79. The van der Waals surface area contributed by atoms with Gasteiger partial charge in [0, 0.05) is 4.90 Å². The number of carbonyl (C=O) groups is 1. The Balaban J connectivity index is 2.00. The zero-order chi connectivity index (χ0) is 13.8. The topological polar surface area (TPSA) is 68.3 Å². The number of hydrogen-bond donors (Lipinski definition) is 2. The highest BCUT2D eigenvalue weighted by Crippen LogP contribution is 2.25. The van der Waals surface area contributed by atoms with Gasteiger partial charge in [0.2, 0.25) is 0 Å². The minimum atomic E-state index is -0.341. The summed E-state index contributed by atoms with van der Waals surface area (Å²) in [5.41, 5.74) is 5.07. The maximum atomic E-state index is 11.3. The fourth-order valence-corrected chi connectivity index (χ4v) is 2.50. The summed E-state index contributed by atoms with van der Waals surface area (Å²) in [6.45, 7) is 4.18. The zero-order valence-corrected chi connectivity index (χ0v) is 11.7. The first kappa shape index (κ1) is 13.7. The number of aryl methyl sites for hydroxylation is 2. The van der Waals surface area contributed by atoms with Crippen LogP contribution in [0, 0.1) is 13.8 Å². The zero-order valence-electron chi connectivity index (χ0n) is 10.9. The molecule has 0 unspecified atom stereocenters. The van der Waals surface area contributed by atoms with E-state index in [1.165, 1.54) is 22.3 Å². The van der Waals surface area contributed by atoms with Crippen molar-refractivity contribution in [1.29, 1.82) is 0 Å². The highest BCUT2D eigenvalue weighted by Gasteiger charge is 2.09. The number of rotatable bonds is 4. The fourth-order valence-electron chi connectivity index (χ4n) is 1.62. The number of hydrazine groups is 1. The molecule has 0 aliphatic heterocycles. The summed E-state index contributed by atoms with van der Waals surface area (Å²) in [6, 6.07) is 8.04. The second-order valence-corrected chi connectivity index (χ2v) is 5.36. The molecular formula is C14H16N2O2S. The van der Waals surface area contributed by atoms with Crippen molar-refractivity contribution in [3.63, 3.8) is 0 Å². The normalized spacial score (nSPS) is 10.5. The van der Waals surface area contributed by atoms with Crippen molar-refractivity contribution in [2.45, 2.75) is 24.5 Å². The quantitative estimate of drug-likeness (QED) is 0.390. The van der Waals surface area contributed by atoms with Gasteiger partial charge in [-0.15, -0.1) is 11.8 Å². The summed E-state index contributed by atoms with van der Waals surface area (Å²) >= 11 is 1.67. The van der Waals surface area contributed by atoms with Crippen molar-refractivity contribution in [1.82, 2.24) is 5.43 Å². The number of nitrogens with two attached hydrogens (primary N) is 1. The first-order chi connectivity index (χ1) is 9.10. The first-order valence-corrected chi connectivity index (χ1v) is 6.87. The molecule has 1 aromatic carbocycles. The monoisotopic (exact) mass is 276 g/mol. The molecule has 3 N–H and O–H groups in total. The van der Waals surface area contributed by atoms with E-state index in [0.717, 1.165) is 5.76 Å². The third-order valence-electron chi connectivity index (χ3n) is 2.91. The van der Waals surface area contributed by atoms with Crippen molar-refractivity contribution in [2.75, 3.05) is 0 Å². The molecule has 0 aliphatic carbocycles. The molecule has 0 bridgehead atoms. The van der Waals surface area contributed by atoms with Crippen LogP contribution in [-0.2, 0) is 5.75 Å². The van der Waals surface area contributed by atoms with Crippen LogP contribution in [0.5, 0.6) is 0 Å². The van der Waals surface area contributed by atoms with Gasteiger partial charge in [-0.2, -0.15) is 0 Å². The Bertz CT molecular complexity index is 593. The highest BCUT2D eigenvalue weighted by molar-refractivity contribution is 7.98. The molecule has 5 heteroatoms. The minimum absolute atomic E-state index is 0.341. The lowest BCUT2D eigenvalue weighted by atomic mass is 10.1. The smallest absolute Gasteiger partial charge is 0.268 e. The summed E-state index contributed by atoms with van der Waals surface area (Å²) in [7, 11) is 0. The molecule has 0 spiro atoms. The second-order valence-electron chi connectivity index (χ2n) is 4.31. The Morgan fingerprint density at radius 3 is 2.79 bits per heavy atom. The minimum Gasteiger partial charge on any atom is -0.468 e. The number of carbonyl (C=O) groups excluding carboxylic acids is 1. The van der Waals surface area contributed by atoms with E-state index in [1.54, 1.807) is 17.8 Å². The molecule has 19 heavy (non-hydrogen) atoms. The Kier molecular flexibility index (Phi) is 4.29. The Morgan fingerprint density at radius 1 is 1.32 bits per heavy atom. The van der Waals surface area contributed by atoms with Gasteiger partial charge in [0.1, 0.15) is 12.0 Å². The number of amides is 1. The number of nitrogens with one attached hydrogen (secondary N) is 1. The summed E-state index contributed by atoms with van der Waals surface area (Å²) < 4.78 is 5.33. The lowest BCUT2D eigenvalue weighted by Crippen LogP contribution is -2.29. The molecule has 0 radical (unpaired) electrons. The average Bonchev–Trinajstić information content (AvgIpc) is 2.88. The number of nitrogen functional groups attached to an aromatic ring is 1. The van der Waals surface area contributed by atoms with Gasteiger partial charge in [-0.3, -0.25) is 10.2 Å². The standard InChI is InChI=1S/C14H16N2O2S/c1-9-3-4-13(5-10(9)2)19-8-12-6-11(7-18-12)14(17)16-15/h3-7H,8,15H2,1-2H3,(H,16,17). The van der Waals surface area contributed by atoms with E-state index in [4.69, 9.17) is 10.3 Å². The van der Waals surface area contributed by atoms with Gasteiger partial charge in [-0.1, -0.05) is 6.07 Å². The summed E-state index contributed by atoms with van der Waals surface area (Å²) in [6.07, 6.45) is 1.42. The predicted molar refractivity (Wildman–Crippen MR) is 75.8 cm³/mol. The van der Waals surface area contributed by atoms with Gasteiger partial charge in [0.25, 0.3) is 5.91 Å². The Morgan fingerprint density at radius 2 is 2.11 bits per heavy atom. The molecule has 1 aromatic heterocycles. The van der Waals surface area contributed by atoms with Crippen LogP contribution >= 0.6 is 11.8 Å². The summed E-state index contributed by atoms with van der Waals surface area (Å²) in [5, 5.41) is 0. The molecule has 2 rings (SSSR count). The van der Waals surface area contributed by atoms with Crippen LogP contribution in [0.25, 0.3) is 0 Å². The van der Waals surface area contributed by atoms with Crippen LogP contribution in [0.3, 0.4) is 0 Å². The van der Waals surface area contributed by atoms with Crippen LogP contribution < -0.4 is 11.3 Å². The van der Waals surface area contributed by atoms with Crippen molar-refractivity contribution in [3.8, 4) is 0 Å². The van der Waals surface area contributed by atoms with Crippen LogP contribution in [-0.4, -0.2) is 5.91 Å². The molecule has 0 fully saturated rings. The lowest BCUT2D eigenvalue weighted by Gasteiger charge is -2.03. The third-order valence-corrected chi connectivity index (χ3v) is 3.92. The van der Waals surface area contributed by atoms with E-state index in [1.807, 2.05) is 0 Å². The van der Waals surface area contributed by atoms with E-state index in [-0.39, 0.29) is 5.91 Å². The van der Waals surface area contributed by atoms with E-state index < -0.39 is 0 Å². The molecule has 0 aliphatic rings. The van der Waals surface area contributed by atoms with E-state index >= 15 is 0 Å². The fraction of sp³-hybridized carbons (Fsp3) is 0.214. The van der Waals surface area contributed by atoms with E-state index in [0.29, 0.717) is 11.3 Å². The summed E-state index contributed by atoms with van der Waals surface area (Å²) in [4.78, 5) is 12.5. The van der Waals surface area contributed by atoms with Crippen LogP contribution in [0.4, 0.5) is 0 Å². The maximum absolute atomic E-state index is 11.3. The molecule has 0 atom stereocenters. The van der Waals surface area contributed by atoms with Crippen LogP contribution in [0.15, 0.2) is 39.8 Å². The van der Waals surface area contributed by atoms with Crippen LogP contribution in [0.2, 0.25) is 0 Å². The van der Waals surface area contributed by atoms with Crippen LogP contribution in [0.1, 0.15) is 27.2 Å². The molecule has 0 saturated heterocycles. The largest absolute Gasteiger partial charge is 0.468 e. The molecular weight excluding hydrogens is 260 g/mol. The van der Waals surface area contributed by atoms with Gasteiger partial charge < -0.3 is 4.42 Å². The van der Waals surface area contributed by atoms with Crippen molar-refractivity contribution >= 4 is 17.7 Å². The number of thioether (sulfide) groups is 1. The summed E-state index contributed by atoms with van der Waals surface area (Å²) in [5.74, 6) is 6.15. The lowest BCUT2D eigenvalue weighted by molar-refractivity contribution is 0.0953. The second kappa shape index (κ2) is 5.95. The average molecular weight is 276 g/mol. The van der Waals surface area contributed by atoms with Gasteiger partial charge >= 0.3 is 0 Å². The molecule has 1 amide bonds. The van der Waals surface area contributed by atoms with Gasteiger partial charge in [0.15, 0.2) is 0 Å². The molecule has 4 nitrogen and oxygen atoms in total. The maximum Gasteiger partial charge on any atom is 0.268 e. The first-order valence-electron chi connectivity index (χ1n) is 5.88. The van der Waals surface area contributed by atoms with Crippen molar-refractivity contribution in [3.05, 3.63) is 53.0 Å². The molecule has 100 valence electrons. The number of hydrogen-bond acceptors (Lipinski definition) is 4.